The van der Waals surface area contributed by atoms with E-state index >= 15 is 0 Å². The molecule has 3 aromatic carbocycles. The fraction of sp³-hybridized carbons (Fsp3) is 0.300. The molecule has 0 spiro atoms. The van der Waals surface area contributed by atoms with Crippen molar-refractivity contribution in [3.63, 3.8) is 0 Å². The molecule has 3 amide bonds. The van der Waals surface area contributed by atoms with Crippen LogP contribution in [0.2, 0.25) is 0 Å². The van der Waals surface area contributed by atoms with E-state index in [2.05, 4.69) is 10.6 Å². The molecule has 38 heavy (non-hydrogen) atoms. The Morgan fingerprint density at radius 3 is 2.05 bits per heavy atom. The highest BCUT2D eigenvalue weighted by Crippen LogP contribution is 2.23. The van der Waals surface area contributed by atoms with E-state index in [-0.39, 0.29) is 12.5 Å². The highest BCUT2D eigenvalue weighted by atomic mass is 16.6. The Labute approximate surface area is 223 Å². The van der Waals surface area contributed by atoms with Crippen LogP contribution in [0, 0.1) is 0 Å². The van der Waals surface area contributed by atoms with Crippen molar-refractivity contribution < 1.29 is 23.9 Å². The number of nitrogens with zero attached hydrogens (tertiary/aromatic N) is 1. The summed E-state index contributed by atoms with van der Waals surface area (Å²) in [4.78, 5) is 39.3. The van der Waals surface area contributed by atoms with Crippen LogP contribution in [0.15, 0.2) is 84.9 Å². The normalized spacial score (nSPS) is 11.7. The standard InChI is InChI=1S/C30H35N3O5/c1-30(2,3)38-28(35)31-20-19-22-15-17-25(18-16-22)32-27(34)26(24-13-9-6-10-14-24)33(4)29(36)37-21-23-11-7-5-8-12-23/h5-18,26H,19-21H2,1-4H3,(H,31,35)(H,32,34). The van der Waals surface area contributed by atoms with Gasteiger partial charge in [-0.2, -0.15) is 0 Å². The van der Waals surface area contributed by atoms with Crippen LogP contribution in [0.4, 0.5) is 15.3 Å². The molecule has 0 aromatic heterocycles. The molecule has 0 fully saturated rings. The molecule has 8 nitrogen and oxygen atoms in total. The van der Waals surface area contributed by atoms with Crippen molar-refractivity contribution in [1.29, 1.82) is 0 Å². The van der Waals surface area contributed by atoms with Gasteiger partial charge in [0.2, 0.25) is 0 Å². The Hall–Kier alpha value is -4.33. The number of ether oxygens (including phenoxy) is 2. The number of amides is 3. The number of carbonyl (C=O) groups excluding carboxylic acids is 3. The van der Waals surface area contributed by atoms with Crippen LogP contribution in [0.1, 0.15) is 43.5 Å². The molecule has 0 saturated carbocycles. The number of rotatable bonds is 9. The Morgan fingerprint density at radius 1 is 0.842 bits per heavy atom. The third kappa shape index (κ3) is 8.96. The molecule has 0 radical (unpaired) electrons. The van der Waals surface area contributed by atoms with E-state index in [1.165, 1.54) is 4.90 Å². The number of anilines is 1. The van der Waals surface area contributed by atoms with Gasteiger partial charge in [0.15, 0.2) is 0 Å². The average Bonchev–Trinajstić information content (AvgIpc) is 2.88. The number of benzene rings is 3. The fourth-order valence-corrected chi connectivity index (χ4v) is 3.70. The number of hydrogen-bond acceptors (Lipinski definition) is 5. The highest BCUT2D eigenvalue weighted by molar-refractivity contribution is 5.97. The molecule has 1 atom stereocenters. The molecule has 1 unspecified atom stereocenters. The van der Waals surface area contributed by atoms with Crippen LogP contribution >= 0.6 is 0 Å². The number of nitrogens with one attached hydrogen (secondary N) is 2. The Morgan fingerprint density at radius 2 is 1.45 bits per heavy atom. The minimum Gasteiger partial charge on any atom is -0.445 e. The van der Waals surface area contributed by atoms with Gasteiger partial charge in [-0.1, -0.05) is 72.8 Å². The maximum atomic E-state index is 13.4. The number of carbonyl (C=O) groups is 3. The summed E-state index contributed by atoms with van der Waals surface area (Å²) in [6.07, 6.45) is -0.457. The van der Waals surface area contributed by atoms with E-state index in [4.69, 9.17) is 9.47 Å². The first kappa shape index (κ1) is 28.2. The van der Waals surface area contributed by atoms with Crippen molar-refractivity contribution in [2.24, 2.45) is 0 Å². The van der Waals surface area contributed by atoms with Crippen LogP contribution in [-0.4, -0.2) is 42.2 Å². The second kappa shape index (κ2) is 13.3. The van der Waals surface area contributed by atoms with Gasteiger partial charge in [-0.15, -0.1) is 0 Å². The summed E-state index contributed by atoms with van der Waals surface area (Å²) in [6, 6.07) is 24.9. The van der Waals surface area contributed by atoms with E-state index in [0.29, 0.717) is 24.2 Å². The summed E-state index contributed by atoms with van der Waals surface area (Å²) in [5.41, 5.74) is 2.55. The first-order valence-electron chi connectivity index (χ1n) is 12.5. The zero-order chi connectivity index (χ0) is 27.5. The third-order valence-electron chi connectivity index (χ3n) is 5.55. The van der Waals surface area contributed by atoms with Crippen LogP contribution in [0.25, 0.3) is 0 Å². The third-order valence-corrected chi connectivity index (χ3v) is 5.55. The summed E-state index contributed by atoms with van der Waals surface area (Å²) in [5.74, 6) is -0.366. The van der Waals surface area contributed by atoms with E-state index in [1.54, 1.807) is 31.3 Å². The molecule has 8 heteroatoms. The lowest BCUT2D eigenvalue weighted by Gasteiger charge is -2.27. The zero-order valence-electron chi connectivity index (χ0n) is 22.3. The lowest BCUT2D eigenvalue weighted by atomic mass is 10.0. The summed E-state index contributed by atoms with van der Waals surface area (Å²) >= 11 is 0. The first-order chi connectivity index (χ1) is 18.1. The monoisotopic (exact) mass is 517 g/mol. The SMILES string of the molecule is CN(C(=O)OCc1ccccc1)C(C(=O)Nc1ccc(CCNC(=O)OC(C)(C)C)cc1)c1ccccc1. The quantitative estimate of drug-likeness (QED) is 0.379. The smallest absolute Gasteiger partial charge is 0.410 e. The second-order valence-electron chi connectivity index (χ2n) is 9.83. The summed E-state index contributed by atoms with van der Waals surface area (Å²) in [5, 5.41) is 5.63. The van der Waals surface area contributed by atoms with Gasteiger partial charge in [0.1, 0.15) is 18.2 Å². The zero-order valence-corrected chi connectivity index (χ0v) is 22.3. The molecular weight excluding hydrogens is 482 g/mol. The van der Waals surface area contributed by atoms with Gasteiger partial charge in [-0.25, -0.2) is 9.59 Å². The molecule has 0 bridgehead atoms. The van der Waals surface area contributed by atoms with Gasteiger partial charge in [0.25, 0.3) is 5.91 Å². The number of alkyl carbamates (subject to hydrolysis) is 1. The van der Waals surface area contributed by atoms with Gasteiger partial charge in [-0.3, -0.25) is 9.69 Å². The maximum Gasteiger partial charge on any atom is 0.410 e. The van der Waals surface area contributed by atoms with Crippen LogP contribution in [-0.2, 0) is 27.3 Å². The molecule has 3 rings (SSSR count). The van der Waals surface area contributed by atoms with Crippen LogP contribution in [0.5, 0.6) is 0 Å². The van der Waals surface area contributed by atoms with Gasteiger partial charge < -0.3 is 20.1 Å². The molecule has 2 N–H and O–H groups in total. The molecule has 0 heterocycles. The number of likely N-dealkylation sites (N-methyl/N-ethyl adjacent to an activating group) is 1. The molecule has 0 aliphatic rings. The largest absolute Gasteiger partial charge is 0.445 e. The lowest BCUT2D eigenvalue weighted by Crippen LogP contribution is -2.39. The van der Waals surface area contributed by atoms with E-state index < -0.39 is 23.8 Å². The first-order valence-corrected chi connectivity index (χ1v) is 12.5. The van der Waals surface area contributed by atoms with E-state index in [0.717, 1.165) is 11.1 Å². The summed E-state index contributed by atoms with van der Waals surface area (Å²) in [6.45, 7) is 5.97. The van der Waals surface area contributed by atoms with Gasteiger partial charge in [-0.05, 0) is 56.0 Å². The second-order valence-corrected chi connectivity index (χ2v) is 9.83. The molecule has 200 valence electrons. The molecule has 0 saturated heterocycles. The van der Waals surface area contributed by atoms with Crippen molar-refractivity contribution in [2.45, 2.75) is 45.4 Å². The Kier molecular flexibility index (Phi) is 9.87. The summed E-state index contributed by atoms with van der Waals surface area (Å²) in [7, 11) is 1.55. The lowest BCUT2D eigenvalue weighted by molar-refractivity contribution is -0.120. The number of hydrogen-bond donors (Lipinski definition) is 2. The predicted molar refractivity (Wildman–Crippen MR) is 147 cm³/mol. The van der Waals surface area contributed by atoms with Gasteiger partial charge in [0, 0.05) is 19.3 Å². The predicted octanol–water partition coefficient (Wildman–Crippen LogP) is 5.70. The van der Waals surface area contributed by atoms with Crippen molar-refractivity contribution in [3.05, 3.63) is 102 Å². The minimum absolute atomic E-state index is 0.109. The fourth-order valence-electron chi connectivity index (χ4n) is 3.70. The van der Waals surface area contributed by atoms with Crippen molar-refractivity contribution in [1.82, 2.24) is 10.2 Å². The van der Waals surface area contributed by atoms with E-state index in [1.807, 2.05) is 81.4 Å². The van der Waals surface area contributed by atoms with Crippen molar-refractivity contribution in [3.8, 4) is 0 Å². The summed E-state index contributed by atoms with van der Waals surface area (Å²) < 4.78 is 10.7. The maximum absolute atomic E-state index is 13.4. The van der Waals surface area contributed by atoms with Gasteiger partial charge in [0.05, 0.1) is 0 Å². The van der Waals surface area contributed by atoms with Crippen molar-refractivity contribution >= 4 is 23.8 Å². The minimum atomic E-state index is -0.892. The average molecular weight is 518 g/mol. The topological polar surface area (TPSA) is 97.0 Å². The molecule has 0 aliphatic heterocycles. The Balaban J connectivity index is 1.61. The van der Waals surface area contributed by atoms with Crippen LogP contribution < -0.4 is 10.6 Å². The van der Waals surface area contributed by atoms with Crippen LogP contribution in [0.3, 0.4) is 0 Å². The highest BCUT2D eigenvalue weighted by Gasteiger charge is 2.29. The van der Waals surface area contributed by atoms with E-state index in [9.17, 15) is 14.4 Å². The molecule has 3 aromatic rings. The Bertz CT molecular complexity index is 1190. The molecular formula is C30H35N3O5. The van der Waals surface area contributed by atoms with Crippen molar-refractivity contribution in [2.75, 3.05) is 18.9 Å². The molecule has 0 aliphatic carbocycles. The van der Waals surface area contributed by atoms with Gasteiger partial charge >= 0.3 is 12.2 Å².